The predicted octanol–water partition coefficient (Wildman–Crippen LogP) is 3.79. The van der Waals surface area contributed by atoms with Gasteiger partial charge in [0.05, 0.1) is 17.9 Å². The lowest BCUT2D eigenvalue weighted by molar-refractivity contribution is -0.120. The number of carbonyl (C=O) groups excluding carboxylic acids is 1. The van der Waals surface area contributed by atoms with E-state index in [1.807, 2.05) is 12.3 Å². The summed E-state index contributed by atoms with van der Waals surface area (Å²) in [6.45, 7) is 4.76. The number of nitrogens with zero attached hydrogens (tertiary/aromatic N) is 4. The van der Waals surface area contributed by atoms with Crippen molar-refractivity contribution >= 4 is 18.1 Å². The molecule has 6 nitrogen and oxygen atoms in total. The minimum absolute atomic E-state index is 0.259. The van der Waals surface area contributed by atoms with Crippen LogP contribution in [0.1, 0.15) is 28.4 Å². The minimum atomic E-state index is 0.259. The van der Waals surface area contributed by atoms with Crippen LogP contribution in [0.4, 0.5) is 0 Å². The average Bonchev–Trinajstić information content (AvgIpc) is 2.98. The molecule has 1 atom stereocenters. The normalized spacial score (nSPS) is 18.4. The van der Waals surface area contributed by atoms with E-state index in [1.165, 1.54) is 28.6 Å². The summed E-state index contributed by atoms with van der Waals surface area (Å²) in [5.74, 6) is 0.465. The quantitative estimate of drug-likeness (QED) is 0.566. The van der Waals surface area contributed by atoms with Crippen molar-refractivity contribution in [3.63, 3.8) is 0 Å². The molecule has 0 spiro atoms. The van der Waals surface area contributed by atoms with E-state index >= 15 is 0 Å². The number of halogens is 1. The van der Waals surface area contributed by atoms with E-state index in [-0.39, 0.29) is 6.04 Å². The van der Waals surface area contributed by atoms with Gasteiger partial charge in [0.1, 0.15) is 5.75 Å². The fourth-order valence-electron chi connectivity index (χ4n) is 4.30. The van der Waals surface area contributed by atoms with Gasteiger partial charge < -0.3 is 9.64 Å². The zero-order valence-electron chi connectivity index (χ0n) is 18.2. The fraction of sp³-hybridized carbons (Fsp3) is 0.320. The smallest absolute Gasteiger partial charge is 0.298 e. The number of ether oxygens (including phenoxy) is 1. The van der Waals surface area contributed by atoms with Crippen molar-refractivity contribution < 1.29 is 9.53 Å². The molecule has 1 aromatic carbocycles. The molecule has 1 aliphatic heterocycles. The Labute approximate surface area is 193 Å². The second-order valence-corrected chi connectivity index (χ2v) is 8.47. The number of fused-ring (bicyclic) bond motifs is 2. The number of rotatable bonds is 3. The molecule has 1 fully saturated rings. The molecule has 5 rings (SSSR count). The van der Waals surface area contributed by atoms with Crippen LogP contribution in [-0.2, 0) is 17.6 Å². The highest BCUT2D eigenvalue weighted by atomic mass is 35.5. The lowest BCUT2D eigenvalue weighted by Crippen LogP contribution is -2.46. The Hall–Kier alpha value is -2.80. The number of benzene rings is 1. The number of aryl methyl sites for hydroxylation is 2. The summed E-state index contributed by atoms with van der Waals surface area (Å²) in [5, 5.41) is 0.833. The van der Waals surface area contributed by atoms with Crippen LogP contribution in [0.2, 0.25) is 5.02 Å². The summed E-state index contributed by atoms with van der Waals surface area (Å²) in [4.78, 5) is 23.2. The van der Waals surface area contributed by atoms with E-state index in [4.69, 9.17) is 16.6 Å². The van der Waals surface area contributed by atoms with Crippen LogP contribution in [0.3, 0.4) is 0 Å². The van der Waals surface area contributed by atoms with Gasteiger partial charge >= 0.3 is 0 Å². The topological polar surface area (TPSA) is 58.6 Å². The molecule has 0 bridgehead atoms. The Bertz CT molecular complexity index is 1040. The maximum Gasteiger partial charge on any atom is 0.298 e. The Morgan fingerprint density at radius 1 is 1.03 bits per heavy atom. The lowest BCUT2D eigenvalue weighted by Gasteiger charge is -2.38. The van der Waals surface area contributed by atoms with Gasteiger partial charge in [0.25, 0.3) is 6.47 Å². The van der Waals surface area contributed by atoms with Gasteiger partial charge in [0.15, 0.2) is 0 Å². The van der Waals surface area contributed by atoms with Crippen molar-refractivity contribution in [3.8, 4) is 5.75 Å². The van der Waals surface area contributed by atoms with Crippen molar-refractivity contribution in [1.29, 1.82) is 0 Å². The van der Waals surface area contributed by atoms with E-state index in [9.17, 15) is 4.79 Å². The second-order valence-electron chi connectivity index (χ2n) is 8.04. The van der Waals surface area contributed by atoms with E-state index in [0.29, 0.717) is 12.2 Å². The number of pyridine rings is 2. The first-order valence-corrected chi connectivity index (χ1v) is 11.2. The number of hydrogen-bond donors (Lipinski definition) is 0. The first-order valence-electron chi connectivity index (χ1n) is 10.8. The van der Waals surface area contributed by atoms with Gasteiger partial charge in [0, 0.05) is 43.6 Å². The Morgan fingerprint density at radius 3 is 2.56 bits per heavy atom. The highest BCUT2D eigenvalue weighted by Crippen LogP contribution is 2.37. The van der Waals surface area contributed by atoms with Crippen LogP contribution < -0.4 is 4.74 Å². The number of piperazine rings is 1. The van der Waals surface area contributed by atoms with Gasteiger partial charge in [-0.15, -0.1) is 0 Å². The molecular weight excluding hydrogens is 424 g/mol. The molecular formula is C25H27ClN4O2. The maximum atomic E-state index is 9.72. The average molecular weight is 451 g/mol. The molecule has 2 aromatic heterocycles. The third kappa shape index (κ3) is 5.33. The van der Waals surface area contributed by atoms with Crippen LogP contribution in [0.25, 0.3) is 0 Å². The van der Waals surface area contributed by atoms with E-state index in [1.54, 1.807) is 18.3 Å². The van der Waals surface area contributed by atoms with Crippen LogP contribution in [0, 0.1) is 0 Å². The summed E-state index contributed by atoms with van der Waals surface area (Å²) in [6, 6.07) is 14.3. The molecule has 0 radical (unpaired) electrons. The highest BCUT2D eigenvalue weighted by Gasteiger charge is 2.31. The number of hydrogen-bond acceptors (Lipinski definition) is 6. The largest absolute Gasteiger partial charge is 0.427 e. The SMILES string of the molecule is CN1CCN(C2c3ccc(Cl)cc3CCc3cccnc32)CC1.O=COc1cccnc1. The molecule has 1 saturated heterocycles. The van der Waals surface area contributed by atoms with Crippen molar-refractivity contribution in [3.05, 3.63) is 88.5 Å². The van der Waals surface area contributed by atoms with Gasteiger partial charge in [-0.1, -0.05) is 23.7 Å². The third-order valence-electron chi connectivity index (χ3n) is 5.97. The molecule has 7 heteroatoms. The molecule has 2 aliphatic rings. The van der Waals surface area contributed by atoms with Gasteiger partial charge in [-0.25, -0.2) is 0 Å². The highest BCUT2D eigenvalue weighted by molar-refractivity contribution is 6.30. The Kier molecular flexibility index (Phi) is 7.47. The monoisotopic (exact) mass is 450 g/mol. The molecule has 0 saturated carbocycles. The molecule has 0 N–H and O–H groups in total. The minimum Gasteiger partial charge on any atom is -0.427 e. The first kappa shape index (κ1) is 22.4. The van der Waals surface area contributed by atoms with Crippen LogP contribution in [0.15, 0.2) is 61.1 Å². The zero-order chi connectivity index (χ0) is 22.3. The predicted molar refractivity (Wildman–Crippen MR) is 125 cm³/mol. The first-order chi connectivity index (χ1) is 15.7. The van der Waals surface area contributed by atoms with Crippen molar-refractivity contribution in [1.82, 2.24) is 19.8 Å². The summed E-state index contributed by atoms with van der Waals surface area (Å²) < 4.78 is 4.46. The summed E-state index contributed by atoms with van der Waals surface area (Å²) in [7, 11) is 2.20. The molecule has 1 aliphatic carbocycles. The molecule has 1 unspecified atom stereocenters. The van der Waals surface area contributed by atoms with Crippen molar-refractivity contribution in [2.24, 2.45) is 0 Å². The van der Waals surface area contributed by atoms with E-state index < -0.39 is 0 Å². The maximum absolute atomic E-state index is 9.72. The molecule has 0 amide bonds. The van der Waals surface area contributed by atoms with Crippen molar-refractivity contribution in [2.45, 2.75) is 18.9 Å². The number of aromatic nitrogens is 2. The van der Waals surface area contributed by atoms with Gasteiger partial charge in [-0.05, 0) is 66.9 Å². The van der Waals surface area contributed by atoms with Crippen LogP contribution in [-0.4, -0.2) is 59.5 Å². The lowest BCUT2D eigenvalue weighted by atomic mass is 9.96. The second kappa shape index (κ2) is 10.7. The summed E-state index contributed by atoms with van der Waals surface area (Å²) in [6.07, 6.45) is 7.09. The van der Waals surface area contributed by atoms with Gasteiger partial charge in [-0.3, -0.25) is 19.7 Å². The summed E-state index contributed by atoms with van der Waals surface area (Å²) in [5.41, 5.74) is 5.37. The van der Waals surface area contributed by atoms with Crippen LogP contribution in [0.5, 0.6) is 5.75 Å². The van der Waals surface area contributed by atoms with Gasteiger partial charge in [-0.2, -0.15) is 0 Å². The molecule has 3 heterocycles. The number of carbonyl (C=O) groups is 1. The van der Waals surface area contributed by atoms with E-state index in [0.717, 1.165) is 44.0 Å². The Balaban J connectivity index is 0.000000230. The molecule has 166 valence electrons. The fourth-order valence-corrected chi connectivity index (χ4v) is 4.50. The standard InChI is InChI=1S/C19H22ClN3.C6H5NO2/c1-22-9-11-23(12-10-22)19-17-7-6-16(20)13-15(17)5-4-14-3-2-8-21-18(14)19;8-5-9-6-2-1-3-7-4-6/h2-3,6-8,13,19H,4-5,9-12H2,1H3;1-5H. The third-order valence-corrected chi connectivity index (χ3v) is 6.21. The van der Waals surface area contributed by atoms with E-state index in [2.05, 4.69) is 50.8 Å². The van der Waals surface area contributed by atoms with Gasteiger partial charge in [0.2, 0.25) is 0 Å². The van der Waals surface area contributed by atoms with Crippen LogP contribution >= 0.6 is 11.6 Å². The Morgan fingerprint density at radius 2 is 1.81 bits per heavy atom. The zero-order valence-corrected chi connectivity index (χ0v) is 18.9. The number of likely N-dealkylation sites (N-methyl/N-ethyl adjacent to an activating group) is 1. The summed E-state index contributed by atoms with van der Waals surface area (Å²) >= 11 is 6.26. The van der Waals surface area contributed by atoms with Crippen molar-refractivity contribution in [2.75, 3.05) is 33.2 Å². The molecule has 3 aromatic rings. The molecule has 32 heavy (non-hydrogen) atoms.